The predicted octanol–water partition coefficient (Wildman–Crippen LogP) is 6.91. The number of esters is 1. The lowest BCUT2D eigenvalue weighted by atomic mass is 9.68. The lowest BCUT2D eigenvalue weighted by Gasteiger charge is -2.50. The van der Waals surface area contributed by atoms with Crippen molar-refractivity contribution in [3.8, 4) is 0 Å². The van der Waals surface area contributed by atoms with Gasteiger partial charge in [0, 0.05) is 78.2 Å². The highest BCUT2D eigenvalue weighted by Gasteiger charge is 2.57. The predicted molar refractivity (Wildman–Crippen MR) is 269 cm³/mol. The van der Waals surface area contributed by atoms with Crippen molar-refractivity contribution in [3.05, 3.63) is 47.6 Å². The summed E-state index contributed by atoms with van der Waals surface area (Å²) in [7, 11) is 2.57. The van der Waals surface area contributed by atoms with Crippen molar-refractivity contribution in [1.29, 1.82) is 0 Å². The fourth-order valence-corrected chi connectivity index (χ4v) is 12.8. The summed E-state index contributed by atoms with van der Waals surface area (Å²) in [5, 5.41) is 23.6. The van der Waals surface area contributed by atoms with Crippen molar-refractivity contribution in [2.45, 2.75) is 167 Å². The highest BCUT2D eigenvalue weighted by molar-refractivity contribution is 7.53. The number of hydrogen-bond acceptors (Lipinski definition) is 16. The van der Waals surface area contributed by atoms with E-state index >= 15 is 0 Å². The Labute approximate surface area is 427 Å². The number of amides is 1. The van der Waals surface area contributed by atoms with E-state index in [1.54, 1.807) is 41.1 Å². The number of nitrogens with zero attached hydrogens (tertiary/aromatic N) is 1. The molecule has 1 saturated carbocycles. The molecule has 3 saturated heterocycles. The maximum atomic E-state index is 14.6. The van der Waals surface area contributed by atoms with Crippen LogP contribution in [0.25, 0.3) is 0 Å². The topological polar surface area (TPSA) is 220 Å². The van der Waals surface area contributed by atoms with Crippen LogP contribution in [0.2, 0.25) is 0 Å². The van der Waals surface area contributed by atoms with Crippen LogP contribution in [0.4, 0.5) is 0 Å². The quantitative estimate of drug-likeness (QED) is 0.0706. The number of fused-ring (bicyclic) bond motifs is 4. The number of ether oxygens (including phenoxy) is 6. The van der Waals surface area contributed by atoms with Crippen LogP contribution in [0.1, 0.15) is 112 Å². The van der Waals surface area contributed by atoms with Crippen molar-refractivity contribution >= 4 is 36.8 Å². The number of rotatable bonds is 11. The smallest absolute Gasteiger partial charge is 0.329 e. The third kappa shape index (κ3) is 15.0. The monoisotopic (exact) mass is 1030 g/mol. The van der Waals surface area contributed by atoms with Crippen LogP contribution in [0.3, 0.4) is 0 Å². The largest absolute Gasteiger partial charge is 0.460 e. The molecule has 1 aliphatic carbocycles. The normalized spacial score (nSPS) is 40.6. The summed E-state index contributed by atoms with van der Waals surface area (Å²) < 4.78 is 59.7. The molecule has 0 spiro atoms. The zero-order valence-electron chi connectivity index (χ0n) is 44.5. The highest BCUT2D eigenvalue weighted by Crippen LogP contribution is 2.50. The Hall–Kier alpha value is -3.22. The van der Waals surface area contributed by atoms with Gasteiger partial charge in [-0.1, -0.05) is 64.2 Å². The first kappa shape index (κ1) is 59.7. The number of piperidine rings is 1. The second kappa shape index (κ2) is 27.0. The molecule has 17 nitrogen and oxygen atoms in total. The van der Waals surface area contributed by atoms with Crippen molar-refractivity contribution in [2.75, 3.05) is 54.9 Å². The zero-order chi connectivity index (χ0) is 53.1. The molecule has 2 N–H and O–H groups in total. The Morgan fingerprint density at radius 1 is 0.847 bits per heavy atom. The van der Waals surface area contributed by atoms with Gasteiger partial charge in [-0.2, -0.15) is 0 Å². The van der Waals surface area contributed by atoms with Gasteiger partial charge in [0.2, 0.25) is 5.79 Å². The molecule has 0 aromatic carbocycles. The maximum absolute atomic E-state index is 14.6. The third-order valence-corrected chi connectivity index (χ3v) is 17.1. The van der Waals surface area contributed by atoms with E-state index in [9.17, 15) is 38.8 Å². The van der Waals surface area contributed by atoms with Gasteiger partial charge in [0.15, 0.2) is 5.78 Å². The molecule has 0 radical (unpaired) electrons. The second-order valence-electron chi connectivity index (χ2n) is 21.2. The number of Topliss-reactive ketones (excluding diaryl/α,β-unsaturated/α-hetero) is 3. The molecule has 17 atom stereocenters. The number of carbonyl (C=O) groups excluding carboxylic acids is 5. The van der Waals surface area contributed by atoms with Crippen molar-refractivity contribution in [3.63, 3.8) is 0 Å². The number of ketones is 3. The van der Waals surface area contributed by atoms with Gasteiger partial charge in [-0.05, 0) is 101 Å². The van der Waals surface area contributed by atoms with E-state index in [-0.39, 0.29) is 49.6 Å². The van der Waals surface area contributed by atoms with Gasteiger partial charge in [-0.25, -0.2) is 4.79 Å². The fraction of sp³-hybridized carbons (Fsp3) is 0.759. The van der Waals surface area contributed by atoms with Gasteiger partial charge < -0.3 is 52.6 Å². The summed E-state index contributed by atoms with van der Waals surface area (Å²) in [6, 6.07) is -1.17. The van der Waals surface area contributed by atoms with E-state index < -0.39 is 109 Å². The fourth-order valence-electron chi connectivity index (χ4n) is 11.6. The summed E-state index contributed by atoms with van der Waals surface area (Å²) in [5.41, 5.74) is 1.25. The first-order chi connectivity index (χ1) is 34.1. The lowest BCUT2D eigenvalue weighted by Crippen LogP contribution is -2.65. The van der Waals surface area contributed by atoms with Gasteiger partial charge in [0.05, 0.1) is 37.6 Å². The van der Waals surface area contributed by atoms with Crippen LogP contribution in [0.5, 0.6) is 0 Å². The molecule has 4 bridgehead atoms. The van der Waals surface area contributed by atoms with E-state index in [1.165, 1.54) is 25.8 Å². The van der Waals surface area contributed by atoms with Crippen molar-refractivity contribution in [1.82, 2.24) is 4.90 Å². The number of methoxy groups -OCH3 is 4. The van der Waals surface area contributed by atoms with Crippen LogP contribution < -0.4 is 0 Å². The second-order valence-corrected chi connectivity index (χ2v) is 23.2. The number of carbonyl (C=O) groups is 5. The molecule has 10 unspecified atom stereocenters. The zero-order valence-corrected chi connectivity index (χ0v) is 45.4. The van der Waals surface area contributed by atoms with Crippen LogP contribution in [0, 0.1) is 41.4 Å². The SMILES string of the molecule is COCCOP(C)(=O)O[C@@H]1CCC(CC2[C@H]3CCCN4C(=O)C(=O)C5(O)O[C@@H](CCC5C)C[C@H](OC)/C(C)=C/C=C/C=C/[C@@H](C)CC(C)C(=O)[C@H](OC)C(O)/C(C)=C/C(C)C(=O)C[C@@H]2OC(=O)C34)CC1OC. The molecule has 0 aromatic heterocycles. The molecule has 18 heteroatoms. The third-order valence-electron chi connectivity index (χ3n) is 15.8. The van der Waals surface area contributed by atoms with Crippen LogP contribution in [0.15, 0.2) is 47.6 Å². The summed E-state index contributed by atoms with van der Waals surface area (Å²) in [6.07, 6.45) is 10.2. The van der Waals surface area contributed by atoms with Crippen LogP contribution in [-0.2, 0) is 66.0 Å². The summed E-state index contributed by atoms with van der Waals surface area (Å²) in [6.45, 7) is 12.6. The summed E-state index contributed by atoms with van der Waals surface area (Å²) >= 11 is 0. The minimum absolute atomic E-state index is 0.00661. The van der Waals surface area contributed by atoms with Gasteiger partial charge in [0.25, 0.3) is 11.7 Å². The first-order valence-corrected chi connectivity index (χ1v) is 28.0. The lowest BCUT2D eigenvalue weighted by molar-refractivity contribution is -0.266. The molecule has 5 aliphatic rings. The Kier molecular flexibility index (Phi) is 22.4. The number of allylic oxidation sites excluding steroid dienone is 6. The Morgan fingerprint density at radius 3 is 2.26 bits per heavy atom. The van der Waals surface area contributed by atoms with Crippen molar-refractivity contribution in [2.24, 2.45) is 41.4 Å². The van der Waals surface area contributed by atoms with E-state index in [2.05, 4.69) is 0 Å². The van der Waals surface area contributed by atoms with E-state index in [1.807, 2.05) is 51.2 Å². The molecule has 1 amide bonds. The molecule has 5 rings (SSSR count). The standard InChI is InChI=1S/C54H84NO16P/c1-32-16-13-12-14-17-33(2)44(65-8)30-39-21-19-37(6)54(62,70-39)51(59)52(60)55-23-15-18-40-41(28-38-20-22-43(46(29-38)66-9)71-72(11,63)68-25-24-64-7)45(69-53(61)47(40)55)31-42(56)34(3)27-36(5)49(58)50(67-10)48(57)35(4)26-32/h12-14,16-17,27,32,34-35,37-41,43-47,49-50,58,62H,15,18-26,28-31H2,1-11H3/b14-12+,16-13+,33-17+,36-27+/t32-,34?,35?,37?,38?,39+,40-,41?,43-,44+,45+,46?,47?,49?,50+,54?,72?/m1/s1. The van der Waals surface area contributed by atoms with Crippen LogP contribution >= 0.6 is 7.60 Å². The molecular formula is C54H84NO16P. The highest BCUT2D eigenvalue weighted by atomic mass is 31.2. The Bertz CT molecular complexity index is 2050. The average molecular weight is 1030 g/mol. The molecule has 4 heterocycles. The van der Waals surface area contributed by atoms with Crippen LogP contribution in [-0.4, -0.2) is 154 Å². The molecule has 406 valence electrons. The van der Waals surface area contributed by atoms with Gasteiger partial charge in [0.1, 0.15) is 30.1 Å². The minimum Gasteiger partial charge on any atom is -0.460 e. The van der Waals surface area contributed by atoms with Gasteiger partial charge >= 0.3 is 13.6 Å². The molecule has 4 fully saturated rings. The van der Waals surface area contributed by atoms with E-state index in [0.29, 0.717) is 69.8 Å². The summed E-state index contributed by atoms with van der Waals surface area (Å²) in [4.78, 5) is 72.8. The Morgan fingerprint density at radius 2 is 1.58 bits per heavy atom. The molecule has 72 heavy (non-hydrogen) atoms. The Balaban J connectivity index is 1.50. The number of aliphatic hydroxyl groups is 2. The summed E-state index contributed by atoms with van der Waals surface area (Å²) in [5.74, 6) is -8.90. The minimum atomic E-state index is -3.46. The maximum Gasteiger partial charge on any atom is 0.329 e. The number of hydrogen-bond donors (Lipinski definition) is 2. The first-order valence-electron chi connectivity index (χ1n) is 26.0. The number of aliphatic hydroxyl groups excluding tert-OH is 1. The average Bonchev–Trinajstić information content (AvgIpc) is 3.34. The molecule has 0 aromatic rings. The molecular weight excluding hydrogens is 950 g/mol. The van der Waals surface area contributed by atoms with E-state index in [0.717, 1.165) is 5.57 Å². The van der Waals surface area contributed by atoms with Gasteiger partial charge in [-0.15, -0.1) is 0 Å². The van der Waals surface area contributed by atoms with Gasteiger partial charge in [-0.3, -0.25) is 23.7 Å². The van der Waals surface area contributed by atoms with E-state index in [4.69, 9.17) is 37.5 Å². The van der Waals surface area contributed by atoms with Crippen molar-refractivity contribution < 1.29 is 76.2 Å². The molecule has 4 aliphatic heterocycles.